The fourth-order valence-corrected chi connectivity index (χ4v) is 2.54. The number of hydrogen-bond donors (Lipinski definition) is 0. The largest absolute Gasteiger partial charge is 0.455 e. The highest BCUT2D eigenvalue weighted by atomic mass is 16.6. The molecule has 2 atom stereocenters. The number of ketones is 1. The molecule has 2 heterocycles. The molecule has 2 unspecified atom stereocenters. The van der Waals surface area contributed by atoms with Crippen molar-refractivity contribution in [2.24, 2.45) is 0 Å². The maximum absolute atomic E-state index is 12.1. The molecule has 1 fully saturated rings. The quantitative estimate of drug-likeness (QED) is 0.573. The van der Waals surface area contributed by atoms with Crippen molar-refractivity contribution in [3.05, 3.63) is 36.1 Å². The van der Waals surface area contributed by atoms with E-state index in [9.17, 15) is 9.59 Å². The van der Waals surface area contributed by atoms with Crippen LogP contribution in [0.5, 0.6) is 0 Å². The van der Waals surface area contributed by atoms with Gasteiger partial charge in [-0.2, -0.15) is 0 Å². The van der Waals surface area contributed by atoms with Gasteiger partial charge in [0.05, 0.1) is 12.7 Å². The smallest absolute Gasteiger partial charge is 0.335 e. The fourth-order valence-electron chi connectivity index (χ4n) is 2.54. The summed E-state index contributed by atoms with van der Waals surface area (Å²) in [4.78, 5) is 24.0. The van der Waals surface area contributed by atoms with E-state index in [-0.39, 0.29) is 24.3 Å². The first kappa shape index (κ1) is 16.7. The van der Waals surface area contributed by atoms with Gasteiger partial charge < -0.3 is 18.6 Å². The summed E-state index contributed by atoms with van der Waals surface area (Å²) in [5.41, 5.74) is 0.625. The second-order valence-corrected chi connectivity index (χ2v) is 5.79. The highest BCUT2D eigenvalue weighted by Crippen LogP contribution is 2.19. The molecule has 0 N–H and O–H groups in total. The van der Waals surface area contributed by atoms with Crippen LogP contribution in [-0.4, -0.2) is 43.8 Å². The van der Waals surface area contributed by atoms with Crippen molar-refractivity contribution >= 4 is 22.7 Å². The molecule has 128 valence electrons. The molecule has 1 aromatic carbocycles. The number of para-hydroxylation sites is 1. The standard InChI is InChI=1S/C18H20O6/c1-12(22-10-14-6-4-8-21-14)18(20)23-11-15(19)17-9-13-5-2-3-7-16(13)24-17/h2-3,5,7,9,12,14H,4,6,8,10-11H2,1H3. The Morgan fingerprint density at radius 2 is 2.17 bits per heavy atom. The van der Waals surface area contributed by atoms with Crippen molar-refractivity contribution in [1.29, 1.82) is 0 Å². The third kappa shape index (κ3) is 4.01. The molecule has 24 heavy (non-hydrogen) atoms. The van der Waals surface area contributed by atoms with Crippen molar-refractivity contribution in [2.45, 2.75) is 32.0 Å². The normalized spacial score (nSPS) is 18.6. The number of rotatable bonds is 7. The molecule has 3 rings (SSSR count). The number of carbonyl (C=O) groups excluding carboxylic acids is 2. The van der Waals surface area contributed by atoms with Gasteiger partial charge >= 0.3 is 5.97 Å². The number of ether oxygens (including phenoxy) is 3. The van der Waals surface area contributed by atoms with E-state index in [4.69, 9.17) is 18.6 Å². The maximum atomic E-state index is 12.1. The average Bonchev–Trinajstić information content (AvgIpc) is 3.26. The zero-order valence-electron chi connectivity index (χ0n) is 13.5. The Kier molecular flexibility index (Phi) is 5.27. The Bertz CT molecular complexity index is 680. The van der Waals surface area contributed by atoms with Gasteiger partial charge in [-0.3, -0.25) is 4.79 Å². The summed E-state index contributed by atoms with van der Waals surface area (Å²) in [5.74, 6) is -0.778. The molecular formula is C18H20O6. The first-order valence-electron chi connectivity index (χ1n) is 8.05. The van der Waals surface area contributed by atoms with E-state index in [1.807, 2.05) is 18.2 Å². The van der Waals surface area contributed by atoms with Gasteiger partial charge in [-0.1, -0.05) is 18.2 Å². The van der Waals surface area contributed by atoms with Crippen LogP contribution in [0.25, 0.3) is 11.0 Å². The summed E-state index contributed by atoms with van der Waals surface area (Å²) >= 11 is 0. The van der Waals surface area contributed by atoms with Gasteiger partial charge in [-0.25, -0.2) is 4.79 Å². The number of furan rings is 1. The zero-order valence-corrected chi connectivity index (χ0v) is 13.5. The lowest BCUT2D eigenvalue weighted by Crippen LogP contribution is -2.28. The second kappa shape index (κ2) is 7.59. The predicted octanol–water partition coefficient (Wildman–Crippen LogP) is 2.74. The Morgan fingerprint density at radius 3 is 2.92 bits per heavy atom. The summed E-state index contributed by atoms with van der Waals surface area (Å²) in [6.07, 6.45) is 1.25. The van der Waals surface area contributed by atoms with E-state index in [2.05, 4.69) is 0 Å². The minimum atomic E-state index is -0.738. The Labute approximate surface area is 139 Å². The molecule has 0 amide bonds. The Hall–Kier alpha value is -2.18. The van der Waals surface area contributed by atoms with Crippen LogP contribution in [-0.2, 0) is 19.0 Å². The van der Waals surface area contributed by atoms with E-state index >= 15 is 0 Å². The average molecular weight is 332 g/mol. The molecule has 1 aliphatic rings. The zero-order chi connectivity index (χ0) is 16.9. The van der Waals surface area contributed by atoms with Crippen molar-refractivity contribution in [3.63, 3.8) is 0 Å². The first-order valence-corrected chi connectivity index (χ1v) is 8.05. The number of carbonyl (C=O) groups is 2. The molecule has 1 saturated heterocycles. The molecular weight excluding hydrogens is 312 g/mol. The van der Waals surface area contributed by atoms with Crippen molar-refractivity contribution in [3.8, 4) is 0 Å². The molecule has 1 aliphatic heterocycles. The number of hydrogen-bond acceptors (Lipinski definition) is 6. The lowest BCUT2D eigenvalue weighted by molar-refractivity contribution is -0.156. The minimum absolute atomic E-state index is 0.0393. The van der Waals surface area contributed by atoms with E-state index in [0.717, 1.165) is 24.8 Å². The Balaban J connectivity index is 1.46. The van der Waals surface area contributed by atoms with Gasteiger partial charge in [-0.05, 0) is 31.9 Å². The molecule has 6 heteroatoms. The molecule has 0 aliphatic carbocycles. The van der Waals surface area contributed by atoms with Crippen molar-refractivity contribution in [1.82, 2.24) is 0 Å². The number of fused-ring (bicyclic) bond motifs is 1. The highest BCUT2D eigenvalue weighted by molar-refractivity contribution is 5.99. The van der Waals surface area contributed by atoms with Crippen LogP contribution in [0, 0.1) is 0 Å². The number of esters is 1. The van der Waals surface area contributed by atoms with Gasteiger partial charge in [0.1, 0.15) is 5.58 Å². The second-order valence-electron chi connectivity index (χ2n) is 5.79. The molecule has 6 nitrogen and oxygen atoms in total. The van der Waals surface area contributed by atoms with Gasteiger partial charge in [0.15, 0.2) is 18.5 Å². The van der Waals surface area contributed by atoms with Gasteiger partial charge in [0, 0.05) is 12.0 Å². The van der Waals surface area contributed by atoms with E-state index in [0.29, 0.717) is 12.2 Å². The minimum Gasteiger partial charge on any atom is -0.455 e. The van der Waals surface area contributed by atoms with Crippen LogP contribution < -0.4 is 0 Å². The van der Waals surface area contributed by atoms with Gasteiger partial charge in [0.25, 0.3) is 0 Å². The maximum Gasteiger partial charge on any atom is 0.335 e. The summed E-state index contributed by atoms with van der Waals surface area (Å²) < 4.78 is 21.3. The third-order valence-electron chi connectivity index (χ3n) is 3.93. The topological polar surface area (TPSA) is 75.0 Å². The summed E-state index contributed by atoms with van der Waals surface area (Å²) in [6, 6.07) is 8.96. The van der Waals surface area contributed by atoms with Crippen LogP contribution in [0.3, 0.4) is 0 Å². The van der Waals surface area contributed by atoms with Gasteiger partial charge in [0.2, 0.25) is 5.78 Å². The van der Waals surface area contributed by atoms with E-state index in [1.54, 1.807) is 19.1 Å². The van der Waals surface area contributed by atoms with Crippen LogP contribution in [0.2, 0.25) is 0 Å². The number of Topliss-reactive ketones (excluding diaryl/α,β-unsaturated/α-hetero) is 1. The lowest BCUT2D eigenvalue weighted by atomic mass is 10.2. The van der Waals surface area contributed by atoms with Crippen molar-refractivity contribution < 1.29 is 28.2 Å². The molecule has 0 bridgehead atoms. The third-order valence-corrected chi connectivity index (χ3v) is 3.93. The monoisotopic (exact) mass is 332 g/mol. The van der Waals surface area contributed by atoms with Crippen LogP contribution in [0.4, 0.5) is 0 Å². The highest BCUT2D eigenvalue weighted by Gasteiger charge is 2.22. The first-order chi connectivity index (χ1) is 11.6. The van der Waals surface area contributed by atoms with E-state index in [1.165, 1.54) is 0 Å². The summed E-state index contributed by atoms with van der Waals surface area (Å²) in [5, 5.41) is 0.834. The Morgan fingerprint density at radius 1 is 1.33 bits per heavy atom. The van der Waals surface area contributed by atoms with Crippen LogP contribution >= 0.6 is 0 Å². The van der Waals surface area contributed by atoms with Crippen molar-refractivity contribution in [2.75, 3.05) is 19.8 Å². The van der Waals surface area contributed by atoms with Crippen LogP contribution in [0.15, 0.2) is 34.7 Å². The molecule has 2 aromatic rings. The summed E-state index contributed by atoms with van der Waals surface area (Å²) in [7, 11) is 0. The predicted molar refractivity (Wildman–Crippen MR) is 85.9 cm³/mol. The van der Waals surface area contributed by atoms with E-state index < -0.39 is 12.1 Å². The molecule has 0 saturated carbocycles. The lowest BCUT2D eigenvalue weighted by Gasteiger charge is -2.15. The van der Waals surface area contributed by atoms with Gasteiger partial charge in [-0.15, -0.1) is 0 Å². The van der Waals surface area contributed by atoms with Crippen LogP contribution in [0.1, 0.15) is 30.3 Å². The molecule has 0 radical (unpaired) electrons. The SMILES string of the molecule is CC(OCC1CCCO1)C(=O)OCC(=O)c1cc2ccccc2o1. The number of benzene rings is 1. The molecule has 0 spiro atoms. The summed E-state index contributed by atoms with van der Waals surface area (Å²) in [6.45, 7) is 2.32. The molecule has 1 aromatic heterocycles. The fraction of sp³-hybridized carbons (Fsp3) is 0.444.